The topological polar surface area (TPSA) is 73.9 Å². The van der Waals surface area contributed by atoms with E-state index >= 15 is 0 Å². The Kier molecular flexibility index (Phi) is 5.66. The van der Waals surface area contributed by atoms with Crippen molar-refractivity contribution in [1.29, 1.82) is 0 Å². The summed E-state index contributed by atoms with van der Waals surface area (Å²) in [6, 6.07) is 4.97. The predicted molar refractivity (Wildman–Crippen MR) is 68.5 cm³/mol. The average Bonchev–Trinajstić information content (AvgIpc) is 2.34. The Labute approximate surface area is 111 Å². The Hall–Kier alpha value is -2.24. The van der Waals surface area contributed by atoms with Gasteiger partial charge in [0.05, 0.1) is 6.61 Å². The summed E-state index contributed by atoms with van der Waals surface area (Å²) < 4.78 is 14.8. The summed E-state index contributed by atoms with van der Waals surface area (Å²) in [5.41, 5.74) is 0.662. The van der Waals surface area contributed by atoms with Crippen LogP contribution in [0.3, 0.4) is 0 Å². The molecule has 19 heavy (non-hydrogen) atoms. The third-order valence-corrected chi connectivity index (χ3v) is 2.15. The third-order valence-electron chi connectivity index (χ3n) is 2.15. The summed E-state index contributed by atoms with van der Waals surface area (Å²) in [5, 5.41) is 2.49. The van der Waals surface area contributed by atoms with Crippen LogP contribution in [0.4, 0.5) is 9.59 Å². The number of carbonyl (C=O) groups excluding carboxylic acids is 2. The van der Waals surface area contributed by atoms with Crippen molar-refractivity contribution >= 4 is 12.2 Å². The van der Waals surface area contributed by atoms with Gasteiger partial charge in [0.25, 0.3) is 0 Å². The fourth-order valence-electron chi connectivity index (χ4n) is 1.35. The fourth-order valence-corrected chi connectivity index (χ4v) is 1.35. The van der Waals surface area contributed by atoms with Crippen LogP contribution in [0.1, 0.15) is 19.4 Å². The highest BCUT2D eigenvalue weighted by Crippen LogP contribution is 2.31. The first-order valence-electron chi connectivity index (χ1n) is 5.98. The molecule has 0 atom stereocenters. The van der Waals surface area contributed by atoms with Gasteiger partial charge >= 0.3 is 12.2 Å². The molecule has 1 aromatic carbocycles. The zero-order valence-corrected chi connectivity index (χ0v) is 11.2. The van der Waals surface area contributed by atoms with E-state index in [9.17, 15) is 9.59 Å². The van der Waals surface area contributed by atoms with Crippen LogP contribution in [0.2, 0.25) is 0 Å². The highest BCUT2D eigenvalue weighted by atomic mass is 16.7. The average molecular weight is 267 g/mol. The molecule has 1 amide bonds. The van der Waals surface area contributed by atoms with Crippen LogP contribution in [0.15, 0.2) is 18.2 Å². The van der Waals surface area contributed by atoms with Crippen molar-refractivity contribution in [2.45, 2.75) is 20.8 Å². The third kappa shape index (κ3) is 4.50. The zero-order chi connectivity index (χ0) is 14.3. The normalized spacial score (nSPS) is 9.63. The van der Waals surface area contributed by atoms with Gasteiger partial charge in [-0.2, -0.15) is 0 Å². The molecule has 0 aliphatic heterocycles. The van der Waals surface area contributed by atoms with Crippen molar-refractivity contribution in [3.05, 3.63) is 23.8 Å². The molecule has 0 heterocycles. The van der Waals surface area contributed by atoms with E-state index < -0.39 is 12.2 Å². The van der Waals surface area contributed by atoms with Crippen molar-refractivity contribution in [3.8, 4) is 11.5 Å². The minimum atomic E-state index is -0.836. The second kappa shape index (κ2) is 7.25. The van der Waals surface area contributed by atoms with E-state index in [4.69, 9.17) is 14.2 Å². The Morgan fingerprint density at radius 2 is 1.95 bits per heavy atom. The van der Waals surface area contributed by atoms with E-state index in [-0.39, 0.29) is 18.1 Å². The predicted octanol–water partition coefficient (Wildman–Crippen LogP) is 2.64. The van der Waals surface area contributed by atoms with Crippen molar-refractivity contribution in [2.24, 2.45) is 0 Å². The van der Waals surface area contributed by atoms with Crippen LogP contribution in [0, 0.1) is 6.92 Å². The molecule has 6 nitrogen and oxygen atoms in total. The van der Waals surface area contributed by atoms with E-state index in [1.165, 1.54) is 6.07 Å². The number of benzene rings is 1. The first kappa shape index (κ1) is 14.8. The zero-order valence-electron chi connectivity index (χ0n) is 11.2. The first-order valence-corrected chi connectivity index (χ1v) is 5.98. The molecule has 6 heteroatoms. The molecule has 0 saturated carbocycles. The summed E-state index contributed by atoms with van der Waals surface area (Å²) in [4.78, 5) is 22.7. The number of hydrogen-bond donors (Lipinski definition) is 1. The Morgan fingerprint density at radius 3 is 2.58 bits per heavy atom. The number of rotatable bonds is 4. The molecule has 1 N–H and O–H groups in total. The monoisotopic (exact) mass is 267 g/mol. The second-order valence-electron chi connectivity index (χ2n) is 3.61. The van der Waals surface area contributed by atoms with Gasteiger partial charge in [0.2, 0.25) is 0 Å². The molecule has 0 unspecified atom stereocenters. The SMILES string of the molecule is CCNC(=O)Oc1cccc(C)c1OC(=O)OCC. The highest BCUT2D eigenvalue weighted by Gasteiger charge is 2.16. The van der Waals surface area contributed by atoms with Crippen LogP contribution in [0.25, 0.3) is 0 Å². The molecule has 0 aliphatic rings. The van der Waals surface area contributed by atoms with Crippen LogP contribution in [0.5, 0.6) is 11.5 Å². The van der Waals surface area contributed by atoms with Gasteiger partial charge in [-0.25, -0.2) is 9.59 Å². The summed E-state index contributed by atoms with van der Waals surface area (Å²) in [5.74, 6) is 0.339. The summed E-state index contributed by atoms with van der Waals surface area (Å²) in [7, 11) is 0. The lowest BCUT2D eigenvalue weighted by Crippen LogP contribution is -2.26. The molecule has 104 valence electrons. The highest BCUT2D eigenvalue weighted by molar-refractivity contribution is 5.73. The molecule has 0 saturated heterocycles. The number of hydrogen-bond acceptors (Lipinski definition) is 5. The lowest BCUT2D eigenvalue weighted by molar-refractivity contribution is 0.102. The number of aryl methyl sites for hydroxylation is 1. The van der Waals surface area contributed by atoms with Crippen LogP contribution < -0.4 is 14.8 Å². The van der Waals surface area contributed by atoms with Gasteiger partial charge < -0.3 is 19.5 Å². The van der Waals surface area contributed by atoms with Crippen LogP contribution >= 0.6 is 0 Å². The molecule has 0 spiro atoms. The fraction of sp³-hybridized carbons (Fsp3) is 0.385. The van der Waals surface area contributed by atoms with Gasteiger partial charge in [-0.1, -0.05) is 12.1 Å². The molecule has 0 fully saturated rings. The van der Waals surface area contributed by atoms with Gasteiger partial charge in [0.1, 0.15) is 0 Å². The van der Waals surface area contributed by atoms with Crippen molar-refractivity contribution in [3.63, 3.8) is 0 Å². The van der Waals surface area contributed by atoms with E-state index in [1.54, 1.807) is 32.9 Å². The molecule has 0 bridgehead atoms. The standard InChI is InChI=1S/C13H17NO5/c1-4-14-12(15)18-10-8-6-7-9(3)11(10)19-13(16)17-5-2/h6-8H,4-5H2,1-3H3,(H,14,15). The van der Waals surface area contributed by atoms with E-state index in [0.29, 0.717) is 12.1 Å². The lowest BCUT2D eigenvalue weighted by Gasteiger charge is -2.12. The second-order valence-corrected chi connectivity index (χ2v) is 3.61. The quantitative estimate of drug-likeness (QED) is 0.670. The van der Waals surface area contributed by atoms with E-state index in [2.05, 4.69) is 5.32 Å². The van der Waals surface area contributed by atoms with Gasteiger partial charge in [-0.3, -0.25) is 0 Å². The summed E-state index contributed by atoms with van der Waals surface area (Å²) in [6.45, 7) is 5.83. The van der Waals surface area contributed by atoms with Gasteiger partial charge in [0.15, 0.2) is 11.5 Å². The molecular weight excluding hydrogens is 250 g/mol. The maximum absolute atomic E-state index is 11.4. The smallest absolute Gasteiger partial charge is 0.434 e. The van der Waals surface area contributed by atoms with E-state index in [1.807, 2.05) is 0 Å². The Morgan fingerprint density at radius 1 is 1.21 bits per heavy atom. The molecule has 0 aromatic heterocycles. The number of nitrogens with one attached hydrogen (secondary N) is 1. The van der Waals surface area contributed by atoms with Gasteiger partial charge in [-0.15, -0.1) is 0 Å². The molecule has 1 aromatic rings. The van der Waals surface area contributed by atoms with Gasteiger partial charge in [0, 0.05) is 6.54 Å². The number of ether oxygens (including phenoxy) is 3. The first-order chi connectivity index (χ1) is 9.08. The number of carbonyl (C=O) groups is 2. The molecule has 1 rings (SSSR count). The minimum absolute atomic E-state index is 0.166. The van der Waals surface area contributed by atoms with Crippen molar-refractivity contribution < 1.29 is 23.8 Å². The largest absolute Gasteiger partial charge is 0.513 e. The maximum atomic E-state index is 11.4. The molecule has 0 radical (unpaired) electrons. The Bertz CT molecular complexity index is 458. The lowest BCUT2D eigenvalue weighted by atomic mass is 10.2. The minimum Gasteiger partial charge on any atom is -0.434 e. The van der Waals surface area contributed by atoms with Crippen molar-refractivity contribution in [1.82, 2.24) is 5.32 Å². The molecular formula is C13H17NO5. The summed E-state index contributed by atoms with van der Waals surface area (Å²) >= 11 is 0. The van der Waals surface area contributed by atoms with Gasteiger partial charge in [-0.05, 0) is 32.4 Å². The maximum Gasteiger partial charge on any atom is 0.513 e. The Balaban J connectivity index is 2.88. The van der Waals surface area contributed by atoms with Crippen LogP contribution in [-0.4, -0.2) is 25.4 Å². The number of para-hydroxylation sites is 1. The van der Waals surface area contributed by atoms with Crippen molar-refractivity contribution in [2.75, 3.05) is 13.2 Å². The van der Waals surface area contributed by atoms with E-state index in [0.717, 1.165) is 0 Å². The summed E-state index contributed by atoms with van der Waals surface area (Å²) in [6.07, 6.45) is -1.45. The number of amides is 1. The molecule has 0 aliphatic carbocycles. The van der Waals surface area contributed by atoms with Crippen LogP contribution in [-0.2, 0) is 4.74 Å².